The predicted octanol–water partition coefficient (Wildman–Crippen LogP) is 10.3. The molecule has 2 aromatic carbocycles. The van der Waals surface area contributed by atoms with Gasteiger partial charge in [0.15, 0.2) is 5.52 Å². The molecule has 2 heterocycles. The number of fused-ring (bicyclic) bond motifs is 1. The van der Waals surface area contributed by atoms with E-state index in [0.717, 1.165) is 47.8 Å². The van der Waals surface area contributed by atoms with E-state index < -0.39 is 0 Å². The van der Waals surface area contributed by atoms with Crippen LogP contribution in [0.1, 0.15) is 134 Å². The fourth-order valence-electron chi connectivity index (χ4n) is 6.27. The largest absolute Gasteiger partial charge is 0.493 e. The molecular formula is C41H58N3O2+. The minimum absolute atomic E-state index is 0.0246. The summed E-state index contributed by atoms with van der Waals surface area (Å²) in [4.78, 5) is 18.1. The number of hydrogen-bond acceptors (Lipinski definition) is 2. The summed E-state index contributed by atoms with van der Waals surface area (Å²) in [7, 11) is 0. The number of ether oxygens (including phenoxy) is 1. The van der Waals surface area contributed by atoms with Crippen molar-refractivity contribution in [1.82, 2.24) is 4.98 Å². The number of benzene rings is 2. The highest BCUT2D eigenvalue weighted by molar-refractivity contribution is 5.91. The van der Waals surface area contributed by atoms with Crippen molar-refractivity contribution in [3.63, 3.8) is 0 Å². The highest BCUT2D eigenvalue weighted by atomic mass is 16.5. The smallest absolute Gasteiger partial charge is 0.263 e. The molecule has 1 amide bonds. The van der Waals surface area contributed by atoms with Gasteiger partial charge >= 0.3 is 0 Å². The Morgan fingerprint density at radius 1 is 0.804 bits per heavy atom. The molecule has 5 nitrogen and oxygen atoms in total. The second kappa shape index (κ2) is 17.9. The minimum atomic E-state index is -0.0246. The van der Waals surface area contributed by atoms with Crippen LogP contribution in [0.3, 0.4) is 0 Å². The number of carbonyl (C=O) groups excluding carboxylic acids is 1. The summed E-state index contributed by atoms with van der Waals surface area (Å²) in [5.74, 6) is 2.10. The van der Waals surface area contributed by atoms with E-state index in [9.17, 15) is 4.79 Å². The maximum atomic E-state index is 12.8. The number of aromatic nitrogens is 2. The number of nitrogens with one attached hydrogen (secondary N) is 1. The van der Waals surface area contributed by atoms with E-state index in [1.165, 1.54) is 81.8 Å². The summed E-state index contributed by atoms with van der Waals surface area (Å²) in [6, 6.07) is 21.0. The Kier molecular flexibility index (Phi) is 13.7. The van der Waals surface area contributed by atoms with Crippen LogP contribution in [0.2, 0.25) is 0 Å². The zero-order valence-electron chi connectivity index (χ0n) is 29.2. The van der Waals surface area contributed by atoms with Gasteiger partial charge in [0.1, 0.15) is 11.9 Å². The van der Waals surface area contributed by atoms with Crippen molar-refractivity contribution in [1.29, 1.82) is 0 Å². The van der Waals surface area contributed by atoms with Gasteiger partial charge in [-0.05, 0) is 58.9 Å². The van der Waals surface area contributed by atoms with Crippen LogP contribution < -0.4 is 14.0 Å². The standard InChI is InChI=1S/C41H57N3O2/c1-6-7-8-9-10-11-12-13-14-15-16-19-28-46-39-29-35(23-26-38(39)41(3,4)5)32-44(33(2)45)36-24-21-34(22-25-36)30-40-42-31-37-20-17-18-27-43(37)40/h17-18,20-27,29,31H,6-16,19,28,30,32H2,1-5H3/p+1. The second-order valence-corrected chi connectivity index (χ2v) is 14.0. The van der Waals surface area contributed by atoms with E-state index in [4.69, 9.17) is 4.74 Å². The van der Waals surface area contributed by atoms with Crippen LogP contribution in [0.4, 0.5) is 5.69 Å². The molecule has 0 saturated heterocycles. The van der Waals surface area contributed by atoms with E-state index in [1.54, 1.807) is 6.92 Å². The summed E-state index contributed by atoms with van der Waals surface area (Å²) in [6.45, 7) is 11.9. The van der Waals surface area contributed by atoms with Crippen LogP contribution in [0, 0.1) is 0 Å². The lowest BCUT2D eigenvalue weighted by molar-refractivity contribution is -0.520. The summed E-state index contributed by atoms with van der Waals surface area (Å²) in [5.41, 5.74) is 5.50. The molecular weight excluding hydrogens is 566 g/mol. The molecule has 5 heteroatoms. The number of H-pyrrole nitrogens is 1. The number of anilines is 1. The molecule has 1 N–H and O–H groups in total. The van der Waals surface area contributed by atoms with Crippen LogP contribution in [-0.2, 0) is 23.2 Å². The maximum Gasteiger partial charge on any atom is 0.263 e. The van der Waals surface area contributed by atoms with Gasteiger partial charge in [-0.3, -0.25) is 4.79 Å². The van der Waals surface area contributed by atoms with Gasteiger partial charge in [-0.15, -0.1) is 0 Å². The third-order valence-electron chi connectivity index (χ3n) is 9.02. The molecule has 46 heavy (non-hydrogen) atoms. The van der Waals surface area contributed by atoms with Crippen LogP contribution in [0.15, 0.2) is 73.1 Å². The molecule has 0 radical (unpaired) electrons. The molecule has 0 atom stereocenters. The number of amides is 1. The Morgan fingerprint density at radius 2 is 1.43 bits per heavy atom. The Morgan fingerprint density at radius 3 is 2.07 bits per heavy atom. The van der Waals surface area contributed by atoms with Crippen LogP contribution in [0.5, 0.6) is 5.75 Å². The number of hydrogen-bond donors (Lipinski definition) is 1. The van der Waals surface area contributed by atoms with Crippen molar-refractivity contribution in [2.75, 3.05) is 11.5 Å². The summed E-state index contributed by atoms with van der Waals surface area (Å²) in [6.07, 6.45) is 20.9. The monoisotopic (exact) mass is 624 g/mol. The third-order valence-corrected chi connectivity index (χ3v) is 9.02. The minimum Gasteiger partial charge on any atom is -0.493 e. The predicted molar refractivity (Wildman–Crippen MR) is 192 cm³/mol. The lowest BCUT2D eigenvalue weighted by atomic mass is 9.85. The van der Waals surface area contributed by atoms with Crippen molar-refractivity contribution in [3.05, 3.63) is 95.6 Å². The normalized spacial score (nSPS) is 11.7. The third kappa shape index (κ3) is 10.7. The molecule has 0 aliphatic rings. The van der Waals surface area contributed by atoms with Gasteiger partial charge in [0, 0.05) is 12.6 Å². The van der Waals surface area contributed by atoms with Gasteiger partial charge in [-0.1, -0.05) is 129 Å². The van der Waals surface area contributed by atoms with Crippen molar-refractivity contribution >= 4 is 17.1 Å². The molecule has 4 rings (SSSR count). The van der Waals surface area contributed by atoms with Gasteiger partial charge in [0.05, 0.1) is 25.8 Å². The fraction of sp³-hybridized carbons (Fsp3) is 0.512. The molecule has 0 aliphatic carbocycles. The summed E-state index contributed by atoms with van der Waals surface area (Å²) >= 11 is 0. The molecule has 0 aliphatic heterocycles. The highest BCUT2D eigenvalue weighted by Gasteiger charge is 2.21. The number of nitrogens with zero attached hydrogens (tertiary/aromatic N) is 2. The molecule has 248 valence electrons. The Labute approximate surface area is 278 Å². The maximum absolute atomic E-state index is 12.8. The molecule has 0 fully saturated rings. The van der Waals surface area contributed by atoms with Gasteiger partial charge in [-0.25, -0.2) is 4.98 Å². The van der Waals surface area contributed by atoms with Crippen LogP contribution in [0.25, 0.3) is 5.52 Å². The first kappa shape index (κ1) is 35.3. The molecule has 2 aromatic heterocycles. The topological polar surface area (TPSA) is 49.4 Å². The summed E-state index contributed by atoms with van der Waals surface area (Å²) in [5, 5.41) is 0. The van der Waals surface area contributed by atoms with Crippen molar-refractivity contribution in [2.45, 2.75) is 130 Å². The number of carbonyl (C=O) groups is 1. The fourth-order valence-corrected chi connectivity index (χ4v) is 6.27. The first-order chi connectivity index (χ1) is 22.3. The molecule has 0 saturated carbocycles. The molecule has 0 unspecified atom stereocenters. The summed E-state index contributed by atoms with van der Waals surface area (Å²) < 4.78 is 8.61. The van der Waals surface area contributed by atoms with Gasteiger partial charge in [0.25, 0.3) is 5.82 Å². The Hall–Kier alpha value is -3.60. The van der Waals surface area contributed by atoms with Crippen LogP contribution in [-0.4, -0.2) is 17.5 Å². The van der Waals surface area contributed by atoms with E-state index in [0.29, 0.717) is 6.54 Å². The number of unbranched alkanes of at least 4 members (excludes halogenated alkanes) is 11. The zero-order valence-corrected chi connectivity index (χ0v) is 29.2. The Bertz CT molecular complexity index is 1480. The quantitative estimate of drug-likeness (QED) is 0.0834. The van der Waals surface area contributed by atoms with Gasteiger partial charge < -0.3 is 9.64 Å². The average Bonchev–Trinajstić information content (AvgIpc) is 3.44. The van der Waals surface area contributed by atoms with E-state index in [-0.39, 0.29) is 11.3 Å². The van der Waals surface area contributed by atoms with E-state index in [2.05, 4.69) is 91.8 Å². The second-order valence-electron chi connectivity index (χ2n) is 14.0. The number of imidazole rings is 1. The average molecular weight is 625 g/mol. The van der Waals surface area contributed by atoms with Crippen LogP contribution >= 0.6 is 0 Å². The van der Waals surface area contributed by atoms with Gasteiger partial charge in [-0.2, -0.15) is 4.40 Å². The number of pyridine rings is 1. The SMILES string of the molecule is CCCCCCCCCCCCCCOc1cc(CN(C(C)=O)c2ccc(Cc3[nH]cc4cccc[n+]34)cc2)ccc1C(C)(C)C. The van der Waals surface area contributed by atoms with Crippen molar-refractivity contribution in [3.8, 4) is 5.75 Å². The lowest BCUT2D eigenvalue weighted by Gasteiger charge is -2.25. The number of aromatic amines is 1. The van der Waals surface area contributed by atoms with Crippen molar-refractivity contribution in [2.24, 2.45) is 0 Å². The van der Waals surface area contributed by atoms with Crippen molar-refractivity contribution < 1.29 is 13.9 Å². The molecule has 0 spiro atoms. The van der Waals surface area contributed by atoms with E-state index in [1.807, 2.05) is 23.2 Å². The zero-order chi connectivity index (χ0) is 32.8. The van der Waals surface area contributed by atoms with Gasteiger partial charge in [0.2, 0.25) is 5.91 Å². The van der Waals surface area contributed by atoms with E-state index >= 15 is 0 Å². The first-order valence-electron chi connectivity index (χ1n) is 17.9. The lowest BCUT2D eigenvalue weighted by Crippen LogP contribution is -2.28. The highest BCUT2D eigenvalue weighted by Crippen LogP contribution is 2.33. The Balaban J connectivity index is 1.30. The molecule has 0 bridgehead atoms. The number of rotatable bonds is 19. The first-order valence-corrected chi connectivity index (χ1v) is 17.9. The molecule has 4 aromatic rings.